The number of benzene rings is 1. The number of rotatable bonds is 6. The van der Waals surface area contributed by atoms with Crippen molar-refractivity contribution >= 4 is 0 Å². The fourth-order valence-electron chi connectivity index (χ4n) is 3.60. The number of hydrogen-bond donors (Lipinski definition) is 1. The second-order valence-electron chi connectivity index (χ2n) is 7.15. The molecular formula is C21H26N4O2. The molecule has 27 heavy (non-hydrogen) atoms. The Morgan fingerprint density at radius 3 is 2.48 bits per heavy atom. The first-order valence-corrected chi connectivity index (χ1v) is 9.67. The predicted molar refractivity (Wildman–Crippen MR) is 104 cm³/mol. The van der Waals surface area contributed by atoms with Crippen LogP contribution in [0.25, 0.3) is 23.0 Å². The number of nitrogens with zero attached hydrogens (tertiary/aromatic N) is 4. The quantitative estimate of drug-likeness (QED) is 0.723. The summed E-state index contributed by atoms with van der Waals surface area (Å²) in [6.07, 6.45) is 3.96. The van der Waals surface area contributed by atoms with Gasteiger partial charge in [-0.15, -0.1) is 5.10 Å². The van der Waals surface area contributed by atoms with E-state index in [4.69, 9.17) is 4.42 Å². The van der Waals surface area contributed by atoms with E-state index in [-0.39, 0.29) is 6.61 Å². The first-order chi connectivity index (χ1) is 13.2. The van der Waals surface area contributed by atoms with Crippen LogP contribution in [0.3, 0.4) is 0 Å². The maximum Gasteiger partial charge on any atom is 0.217 e. The zero-order valence-corrected chi connectivity index (χ0v) is 15.8. The smallest absolute Gasteiger partial charge is 0.217 e. The molecule has 0 spiro atoms. The first kappa shape index (κ1) is 17.9. The van der Waals surface area contributed by atoms with Crippen molar-refractivity contribution in [1.29, 1.82) is 0 Å². The SMILES string of the molecule is Cc1ccc(-c2nc(-c3ccc(CN4CCCCC4)cc3)n(CCO)n2)o1. The molecule has 0 atom stereocenters. The van der Waals surface area contributed by atoms with Crippen molar-refractivity contribution < 1.29 is 9.52 Å². The molecule has 1 saturated heterocycles. The van der Waals surface area contributed by atoms with Crippen LogP contribution in [0.15, 0.2) is 40.8 Å². The molecule has 0 unspecified atom stereocenters. The number of aliphatic hydroxyl groups excluding tert-OH is 1. The maximum atomic E-state index is 9.38. The Morgan fingerprint density at radius 2 is 1.81 bits per heavy atom. The molecule has 6 heteroatoms. The Bertz CT molecular complexity index is 876. The molecule has 1 aliphatic rings. The van der Waals surface area contributed by atoms with Gasteiger partial charge < -0.3 is 9.52 Å². The Labute approximate surface area is 159 Å². The Kier molecular flexibility index (Phi) is 5.36. The number of hydrogen-bond acceptors (Lipinski definition) is 5. The fraction of sp³-hybridized carbons (Fsp3) is 0.429. The van der Waals surface area contributed by atoms with Crippen LogP contribution in [0.2, 0.25) is 0 Å². The van der Waals surface area contributed by atoms with Crippen LogP contribution in [0, 0.1) is 6.92 Å². The van der Waals surface area contributed by atoms with Gasteiger partial charge in [0.25, 0.3) is 0 Å². The van der Waals surface area contributed by atoms with Crippen LogP contribution in [0.1, 0.15) is 30.6 Å². The molecule has 0 saturated carbocycles. The third kappa shape index (κ3) is 4.12. The summed E-state index contributed by atoms with van der Waals surface area (Å²) in [5, 5.41) is 13.9. The number of furan rings is 1. The van der Waals surface area contributed by atoms with Crippen LogP contribution >= 0.6 is 0 Å². The molecule has 0 radical (unpaired) electrons. The molecule has 1 fully saturated rings. The zero-order chi connectivity index (χ0) is 18.6. The molecular weight excluding hydrogens is 340 g/mol. The highest BCUT2D eigenvalue weighted by atomic mass is 16.3. The van der Waals surface area contributed by atoms with E-state index < -0.39 is 0 Å². The van der Waals surface area contributed by atoms with Crippen molar-refractivity contribution in [2.45, 2.75) is 39.3 Å². The molecule has 1 aliphatic heterocycles. The molecule has 142 valence electrons. The van der Waals surface area contributed by atoms with Gasteiger partial charge in [-0.1, -0.05) is 30.7 Å². The molecule has 1 N–H and O–H groups in total. The van der Waals surface area contributed by atoms with Crippen LogP contribution in [0.5, 0.6) is 0 Å². The van der Waals surface area contributed by atoms with E-state index in [0.29, 0.717) is 18.1 Å². The second-order valence-corrected chi connectivity index (χ2v) is 7.15. The summed E-state index contributed by atoms with van der Waals surface area (Å²) < 4.78 is 7.39. The number of aliphatic hydroxyl groups is 1. The topological polar surface area (TPSA) is 67.3 Å². The van der Waals surface area contributed by atoms with Crippen LogP contribution < -0.4 is 0 Å². The fourth-order valence-corrected chi connectivity index (χ4v) is 3.60. The molecule has 2 aromatic heterocycles. The molecule has 0 bridgehead atoms. The van der Waals surface area contributed by atoms with E-state index in [1.165, 1.54) is 37.9 Å². The van der Waals surface area contributed by atoms with Gasteiger partial charge in [0.05, 0.1) is 13.2 Å². The van der Waals surface area contributed by atoms with Gasteiger partial charge in [0.15, 0.2) is 11.6 Å². The van der Waals surface area contributed by atoms with Gasteiger partial charge in [0.1, 0.15) is 5.76 Å². The molecule has 3 aromatic rings. The summed E-state index contributed by atoms with van der Waals surface area (Å²) in [6.45, 7) is 5.70. The van der Waals surface area contributed by atoms with Gasteiger partial charge in [0, 0.05) is 12.1 Å². The lowest BCUT2D eigenvalue weighted by atomic mass is 10.1. The zero-order valence-electron chi connectivity index (χ0n) is 15.8. The summed E-state index contributed by atoms with van der Waals surface area (Å²) in [4.78, 5) is 7.18. The van der Waals surface area contributed by atoms with E-state index >= 15 is 0 Å². The predicted octanol–water partition coefficient (Wildman–Crippen LogP) is 3.49. The lowest BCUT2D eigenvalue weighted by molar-refractivity contribution is 0.221. The molecule has 4 rings (SSSR count). The highest BCUT2D eigenvalue weighted by molar-refractivity contribution is 5.59. The van der Waals surface area contributed by atoms with Crippen molar-refractivity contribution in [3.63, 3.8) is 0 Å². The third-order valence-electron chi connectivity index (χ3n) is 5.01. The maximum absolute atomic E-state index is 9.38. The molecule has 1 aromatic carbocycles. The Hall–Kier alpha value is -2.44. The minimum absolute atomic E-state index is 0.0139. The minimum Gasteiger partial charge on any atom is -0.458 e. The third-order valence-corrected chi connectivity index (χ3v) is 5.01. The molecule has 3 heterocycles. The lowest BCUT2D eigenvalue weighted by Gasteiger charge is -2.26. The summed E-state index contributed by atoms with van der Waals surface area (Å²) in [5.41, 5.74) is 2.31. The highest BCUT2D eigenvalue weighted by Crippen LogP contribution is 2.24. The van der Waals surface area contributed by atoms with Crippen molar-refractivity contribution in [1.82, 2.24) is 19.7 Å². The average molecular weight is 366 g/mol. The van der Waals surface area contributed by atoms with Crippen molar-refractivity contribution in [2.24, 2.45) is 0 Å². The van der Waals surface area contributed by atoms with Gasteiger partial charge in [-0.05, 0) is 50.6 Å². The van der Waals surface area contributed by atoms with E-state index in [2.05, 4.69) is 39.2 Å². The summed E-state index contributed by atoms with van der Waals surface area (Å²) in [7, 11) is 0. The monoisotopic (exact) mass is 366 g/mol. The molecule has 6 nitrogen and oxygen atoms in total. The van der Waals surface area contributed by atoms with Gasteiger partial charge in [0.2, 0.25) is 5.82 Å². The van der Waals surface area contributed by atoms with Crippen molar-refractivity contribution in [3.05, 3.63) is 47.7 Å². The van der Waals surface area contributed by atoms with Crippen LogP contribution in [0.4, 0.5) is 0 Å². The number of likely N-dealkylation sites (tertiary alicyclic amines) is 1. The molecule has 0 aliphatic carbocycles. The lowest BCUT2D eigenvalue weighted by Crippen LogP contribution is -2.29. The average Bonchev–Trinajstić information content (AvgIpc) is 3.30. The van der Waals surface area contributed by atoms with Crippen LogP contribution in [-0.2, 0) is 13.1 Å². The van der Waals surface area contributed by atoms with Gasteiger partial charge in [-0.2, -0.15) is 0 Å². The van der Waals surface area contributed by atoms with E-state index in [9.17, 15) is 5.11 Å². The normalized spacial score (nSPS) is 15.3. The summed E-state index contributed by atoms with van der Waals surface area (Å²) >= 11 is 0. The Morgan fingerprint density at radius 1 is 1.04 bits per heavy atom. The van der Waals surface area contributed by atoms with E-state index in [1.54, 1.807) is 4.68 Å². The largest absolute Gasteiger partial charge is 0.458 e. The van der Waals surface area contributed by atoms with Gasteiger partial charge >= 0.3 is 0 Å². The van der Waals surface area contributed by atoms with E-state index in [0.717, 1.165) is 23.7 Å². The summed E-state index contributed by atoms with van der Waals surface area (Å²) in [6, 6.07) is 12.3. The summed E-state index contributed by atoms with van der Waals surface area (Å²) in [5.74, 6) is 2.76. The number of aromatic nitrogens is 3. The highest BCUT2D eigenvalue weighted by Gasteiger charge is 2.16. The van der Waals surface area contributed by atoms with Crippen molar-refractivity contribution in [2.75, 3.05) is 19.7 Å². The van der Waals surface area contributed by atoms with E-state index in [1.807, 2.05) is 19.1 Å². The van der Waals surface area contributed by atoms with Gasteiger partial charge in [-0.25, -0.2) is 9.67 Å². The molecule has 0 amide bonds. The second kappa shape index (κ2) is 8.06. The standard InChI is InChI=1S/C21H26N4O2/c1-16-5-10-19(27-16)20-22-21(25(23-20)13-14-26)18-8-6-17(7-9-18)15-24-11-3-2-4-12-24/h5-10,26H,2-4,11-15H2,1H3. The first-order valence-electron chi connectivity index (χ1n) is 9.67. The minimum atomic E-state index is 0.0139. The van der Waals surface area contributed by atoms with Gasteiger partial charge in [-0.3, -0.25) is 4.90 Å². The number of piperidine rings is 1. The Balaban J connectivity index is 1.57. The van der Waals surface area contributed by atoms with Crippen molar-refractivity contribution in [3.8, 4) is 23.0 Å². The van der Waals surface area contributed by atoms with Crippen LogP contribution in [-0.4, -0.2) is 44.5 Å². The number of aryl methyl sites for hydroxylation is 1.